The van der Waals surface area contributed by atoms with E-state index in [1.165, 1.54) is 24.3 Å². The maximum Gasteiger partial charge on any atom is 0.432 e. The zero-order valence-corrected chi connectivity index (χ0v) is 23.8. The lowest BCUT2D eigenvalue weighted by Gasteiger charge is -2.24. The molecule has 0 bridgehead atoms. The molecule has 0 radical (unpaired) electrons. The number of allylic oxidation sites excluding steroid dienone is 1. The number of alkyl halides is 3. The van der Waals surface area contributed by atoms with Crippen LogP contribution >= 0.6 is 0 Å². The summed E-state index contributed by atoms with van der Waals surface area (Å²) in [6.45, 7) is 0.783. The lowest BCUT2D eigenvalue weighted by atomic mass is 9.92. The van der Waals surface area contributed by atoms with Gasteiger partial charge in [-0.2, -0.15) is 18.4 Å². The normalized spacial score (nSPS) is 14.0. The Hall–Kier alpha value is -5.14. The SMILES string of the molecule is COc1ccc2ccccc2c1C(NCC1CC1)c1cccc(NC(=O)/C(=C/C(=N)C(F)(F)F)Nc2cccc(C#N)c2)c1. The summed E-state index contributed by atoms with van der Waals surface area (Å²) in [6.07, 6.45) is -2.23. The first kappa shape index (κ1) is 30.3. The maximum absolute atomic E-state index is 13.4. The zero-order valence-electron chi connectivity index (χ0n) is 23.8. The predicted octanol–water partition coefficient (Wildman–Crippen LogP) is 7.33. The van der Waals surface area contributed by atoms with Crippen molar-refractivity contribution in [1.82, 2.24) is 5.32 Å². The average molecular weight is 598 g/mol. The molecule has 1 atom stereocenters. The standard InChI is InChI=1S/C34H30F3N5O2/c1-44-29-15-14-23-7-2-3-11-27(23)31(29)32(40-20-21-12-13-21)24-8-5-10-26(17-24)42-33(43)28(18-30(39)34(35,36)37)41-25-9-4-6-22(16-25)19-38/h2-11,14-18,21,32,39-41H,12-13,20H2,1H3,(H,42,43)/b28-18-,39-30?. The highest BCUT2D eigenvalue weighted by Gasteiger charge is 2.34. The van der Waals surface area contributed by atoms with Crippen molar-refractivity contribution in [1.29, 1.82) is 10.7 Å². The first-order valence-electron chi connectivity index (χ1n) is 14.0. The number of benzene rings is 4. The second kappa shape index (κ2) is 13.0. The molecular formula is C34H30F3N5O2. The molecule has 4 aromatic rings. The summed E-state index contributed by atoms with van der Waals surface area (Å²) < 4.78 is 45.6. The number of hydrogen-bond donors (Lipinski definition) is 4. The van der Waals surface area contributed by atoms with Crippen molar-refractivity contribution in [3.05, 3.63) is 113 Å². The third-order valence-electron chi connectivity index (χ3n) is 7.33. The van der Waals surface area contributed by atoms with E-state index >= 15 is 0 Å². The molecular weight excluding hydrogens is 567 g/mol. The minimum absolute atomic E-state index is 0.224. The van der Waals surface area contributed by atoms with E-state index in [1.54, 1.807) is 25.3 Å². The van der Waals surface area contributed by atoms with Crippen molar-refractivity contribution < 1.29 is 22.7 Å². The number of ether oxygens (including phenoxy) is 1. The van der Waals surface area contributed by atoms with Crippen LogP contribution in [0.5, 0.6) is 5.75 Å². The van der Waals surface area contributed by atoms with Gasteiger partial charge >= 0.3 is 6.18 Å². The third-order valence-corrected chi connectivity index (χ3v) is 7.33. The molecule has 10 heteroatoms. The van der Waals surface area contributed by atoms with Crippen LogP contribution in [0.2, 0.25) is 0 Å². The molecule has 1 saturated carbocycles. The first-order valence-corrected chi connectivity index (χ1v) is 14.0. The van der Waals surface area contributed by atoms with Gasteiger partial charge in [-0.3, -0.25) is 10.2 Å². The van der Waals surface area contributed by atoms with E-state index in [-0.39, 0.29) is 17.3 Å². The number of halogens is 3. The van der Waals surface area contributed by atoms with Crippen LogP contribution < -0.4 is 20.7 Å². The number of amides is 1. The number of nitriles is 1. The highest BCUT2D eigenvalue weighted by Crippen LogP contribution is 2.38. The number of methoxy groups -OCH3 is 1. The molecule has 0 aromatic heterocycles. The quantitative estimate of drug-likeness (QED) is 0.107. The average Bonchev–Trinajstić information content (AvgIpc) is 3.85. The Kier molecular flexibility index (Phi) is 8.97. The highest BCUT2D eigenvalue weighted by molar-refractivity contribution is 6.11. The molecule has 1 aliphatic carbocycles. The summed E-state index contributed by atoms with van der Waals surface area (Å²) in [5.41, 5.74) is 0.375. The lowest BCUT2D eigenvalue weighted by Crippen LogP contribution is -2.26. The molecule has 0 saturated heterocycles. The van der Waals surface area contributed by atoms with Crippen molar-refractivity contribution in [3.8, 4) is 11.8 Å². The van der Waals surface area contributed by atoms with Gasteiger partial charge in [0.25, 0.3) is 5.91 Å². The number of anilines is 2. The van der Waals surface area contributed by atoms with Crippen LogP contribution in [0.3, 0.4) is 0 Å². The molecule has 224 valence electrons. The minimum atomic E-state index is -4.96. The summed E-state index contributed by atoms with van der Waals surface area (Å²) in [7, 11) is 1.62. The van der Waals surface area contributed by atoms with E-state index < -0.39 is 23.5 Å². The molecule has 1 fully saturated rings. The number of carbonyl (C=O) groups is 1. The fraction of sp³-hybridized carbons (Fsp3) is 0.206. The van der Waals surface area contributed by atoms with E-state index in [1.807, 2.05) is 48.5 Å². The number of nitrogens with zero attached hydrogens (tertiary/aromatic N) is 1. The highest BCUT2D eigenvalue weighted by atomic mass is 19.4. The van der Waals surface area contributed by atoms with E-state index in [4.69, 9.17) is 10.1 Å². The Balaban J connectivity index is 1.49. The van der Waals surface area contributed by atoms with Crippen LogP contribution in [-0.2, 0) is 4.79 Å². The van der Waals surface area contributed by atoms with Crippen LogP contribution in [0.25, 0.3) is 10.8 Å². The van der Waals surface area contributed by atoms with Crippen LogP contribution in [0.15, 0.2) is 96.7 Å². The van der Waals surface area contributed by atoms with Gasteiger partial charge in [0, 0.05) is 16.9 Å². The fourth-order valence-electron chi connectivity index (χ4n) is 4.95. The summed E-state index contributed by atoms with van der Waals surface area (Å²) in [5.74, 6) is 0.387. The van der Waals surface area contributed by atoms with Crippen molar-refractivity contribution >= 4 is 33.8 Å². The Morgan fingerprint density at radius 2 is 1.75 bits per heavy atom. The second-order valence-electron chi connectivity index (χ2n) is 10.6. The zero-order chi connectivity index (χ0) is 31.3. The van der Waals surface area contributed by atoms with Crippen molar-refractivity contribution in [2.24, 2.45) is 5.92 Å². The van der Waals surface area contributed by atoms with E-state index in [0.29, 0.717) is 23.4 Å². The predicted molar refractivity (Wildman–Crippen MR) is 165 cm³/mol. The molecule has 4 aromatic carbocycles. The molecule has 1 aliphatic rings. The topological polar surface area (TPSA) is 110 Å². The number of rotatable bonds is 11. The number of carbonyl (C=O) groups excluding carboxylic acids is 1. The van der Waals surface area contributed by atoms with E-state index in [2.05, 4.69) is 16.0 Å². The van der Waals surface area contributed by atoms with Gasteiger partial charge in [-0.1, -0.05) is 48.5 Å². The lowest BCUT2D eigenvalue weighted by molar-refractivity contribution is -0.112. The molecule has 4 N–H and O–H groups in total. The molecule has 1 unspecified atom stereocenters. The largest absolute Gasteiger partial charge is 0.496 e. The van der Waals surface area contributed by atoms with Crippen molar-refractivity contribution in [2.45, 2.75) is 25.1 Å². The first-order chi connectivity index (χ1) is 21.2. The van der Waals surface area contributed by atoms with Crippen molar-refractivity contribution in [3.63, 3.8) is 0 Å². The van der Waals surface area contributed by atoms with Crippen molar-refractivity contribution in [2.75, 3.05) is 24.3 Å². The molecule has 0 heterocycles. The molecule has 44 heavy (non-hydrogen) atoms. The van der Waals surface area contributed by atoms with Gasteiger partial charge in [0.05, 0.1) is 24.8 Å². The van der Waals surface area contributed by atoms with Crippen LogP contribution in [0.4, 0.5) is 24.5 Å². The molecule has 1 amide bonds. The van der Waals surface area contributed by atoms with E-state index in [9.17, 15) is 23.2 Å². The third kappa shape index (κ3) is 7.25. The monoisotopic (exact) mass is 597 g/mol. The maximum atomic E-state index is 13.4. The molecule has 0 aliphatic heterocycles. The summed E-state index contributed by atoms with van der Waals surface area (Å²) in [6, 6.07) is 26.6. The van der Waals surface area contributed by atoms with Gasteiger partial charge in [0.1, 0.15) is 17.2 Å². The Morgan fingerprint density at radius 1 is 1.02 bits per heavy atom. The number of fused-ring (bicyclic) bond motifs is 1. The number of nitrogens with one attached hydrogen (secondary N) is 4. The second-order valence-corrected chi connectivity index (χ2v) is 10.6. The summed E-state index contributed by atoms with van der Waals surface area (Å²) >= 11 is 0. The number of hydrogen-bond acceptors (Lipinski definition) is 6. The minimum Gasteiger partial charge on any atom is -0.496 e. The molecule has 7 nitrogen and oxygen atoms in total. The summed E-state index contributed by atoms with van der Waals surface area (Å²) in [5, 5.41) is 27.7. The summed E-state index contributed by atoms with van der Waals surface area (Å²) in [4.78, 5) is 13.4. The Bertz CT molecular complexity index is 1770. The van der Waals surface area contributed by atoms with E-state index in [0.717, 1.165) is 41.3 Å². The van der Waals surface area contributed by atoms with Gasteiger partial charge in [-0.25, -0.2) is 0 Å². The molecule has 0 spiro atoms. The van der Waals surface area contributed by atoms with Gasteiger partial charge < -0.3 is 20.7 Å². The Morgan fingerprint density at radius 3 is 2.45 bits per heavy atom. The fourth-order valence-corrected chi connectivity index (χ4v) is 4.95. The van der Waals surface area contributed by atoms with Crippen LogP contribution in [0.1, 0.15) is 35.6 Å². The van der Waals surface area contributed by atoms with Gasteiger partial charge in [0.2, 0.25) is 0 Å². The Labute approximate surface area is 252 Å². The van der Waals surface area contributed by atoms with Gasteiger partial charge in [-0.15, -0.1) is 0 Å². The van der Waals surface area contributed by atoms with Gasteiger partial charge in [0.15, 0.2) is 0 Å². The van der Waals surface area contributed by atoms with Gasteiger partial charge in [-0.05, 0) is 84.1 Å². The smallest absolute Gasteiger partial charge is 0.432 e. The molecule has 5 rings (SSSR count). The van der Waals surface area contributed by atoms with Crippen LogP contribution in [-0.4, -0.2) is 31.4 Å². The van der Waals surface area contributed by atoms with Crippen LogP contribution in [0, 0.1) is 22.7 Å².